The van der Waals surface area contributed by atoms with Crippen LogP contribution in [-0.4, -0.2) is 24.1 Å². The predicted molar refractivity (Wildman–Crippen MR) is 230 cm³/mol. The van der Waals surface area contributed by atoms with Crippen molar-refractivity contribution in [1.29, 1.82) is 0 Å². The standard InChI is InChI=1S/C51H33N5/c1-2-11-40(12-3-1)55-48-17-5-4-13-42(48)45-32-35(21-25-49(45)55)36-20-24-43-44-14-10-28-54-51(44)56(50(43)33-36)41-22-18-34(19-23-41)37-29-38(46-15-6-8-26-52-46)31-39(30-37)47-16-7-9-27-53-47/h1-33H. The van der Waals surface area contributed by atoms with Gasteiger partial charge in [0, 0.05) is 62.6 Å². The Bertz CT molecular complexity index is 3160. The molecule has 5 heterocycles. The summed E-state index contributed by atoms with van der Waals surface area (Å²) in [5, 5.41) is 4.77. The zero-order chi connectivity index (χ0) is 37.0. The molecule has 0 saturated heterocycles. The first-order valence-corrected chi connectivity index (χ1v) is 18.8. The third-order valence-corrected chi connectivity index (χ3v) is 10.9. The lowest BCUT2D eigenvalue weighted by atomic mass is 9.96. The molecule has 0 bridgehead atoms. The van der Waals surface area contributed by atoms with Crippen molar-refractivity contribution < 1.29 is 0 Å². The van der Waals surface area contributed by atoms with Crippen LogP contribution in [0, 0.1) is 0 Å². The number of hydrogen-bond donors (Lipinski definition) is 0. The topological polar surface area (TPSA) is 48.5 Å². The highest BCUT2D eigenvalue weighted by Gasteiger charge is 2.17. The molecule has 11 aromatic rings. The van der Waals surface area contributed by atoms with Crippen molar-refractivity contribution in [2.45, 2.75) is 0 Å². The minimum atomic E-state index is 0.927. The fourth-order valence-corrected chi connectivity index (χ4v) is 8.25. The second kappa shape index (κ2) is 13.0. The van der Waals surface area contributed by atoms with Crippen molar-refractivity contribution in [1.82, 2.24) is 24.1 Å². The van der Waals surface area contributed by atoms with E-state index in [0.29, 0.717) is 0 Å². The van der Waals surface area contributed by atoms with E-state index in [2.05, 4.69) is 171 Å². The fourth-order valence-electron chi connectivity index (χ4n) is 8.25. The Morgan fingerprint density at radius 3 is 1.61 bits per heavy atom. The lowest BCUT2D eigenvalue weighted by Crippen LogP contribution is -1.96. The number of para-hydroxylation sites is 2. The molecule has 0 N–H and O–H groups in total. The average Bonchev–Trinajstić information content (AvgIpc) is 3.79. The molecule has 11 rings (SSSR count). The van der Waals surface area contributed by atoms with Gasteiger partial charge in [-0.25, -0.2) is 4.98 Å². The number of nitrogens with zero attached hydrogens (tertiary/aromatic N) is 5. The van der Waals surface area contributed by atoms with Crippen molar-refractivity contribution in [2.75, 3.05) is 0 Å². The predicted octanol–water partition coefficient (Wildman–Crippen LogP) is 12.7. The molecule has 0 aliphatic carbocycles. The van der Waals surface area contributed by atoms with Crippen LogP contribution in [0.2, 0.25) is 0 Å². The van der Waals surface area contributed by atoms with Gasteiger partial charge in [0.15, 0.2) is 0 Å². The highest BCUT2D eigenvalue weighted by Crippen LogP contribution is 2.38. The number of aromatic nitrogens is 5. The number of hydrogen-bond acceptors (Lipinski definition) is 3. The van der Waals surface area contributed by atoms with Crippen molar-refractivity contribution >= 4 is 43.7 Å². The minimum Gasteiger partial charge on any atom is -0.309 e. The second-order valence-electron chi connectivity index (χ2n) is 14.1. The molecule has 5 aromatic heterocycles. The third kappa shape index (κ3) is 5.29. The Kier molecular flexibility index (Phi) is 7.42. The molecule has 0 aliphatic rings. The molecule has 0 aliphatic heterocycles. The second-order valence-corrected chi connectivity index (χ2v) is 14.1. The Morgan fingerprint density at radius 2 is 0.857 bits per heavy atom. The summed E-state index contributed by atoms with van der Waals surface area (Å²) in [7, 11) is 0. The molecule has 0 radical (unpaired) electrons. The zero-order valence-corrected chi connectivity index (χ0v) is 30.3. The minimum absolute atomic E-state index is 0.927. The van der Waals surface area contributed by atoms with E-state index in [0.717, 1.165) is 67.1 Å². The summed E-state index contributed by atoms with van der Waals surface area (Å²) in [5.74, 6) is 0. The van der Waals surface area contributed by atoms with Crippen LogP contribution >= 0.6 is 0 Å². The first-order valence-electron chi connectivity index (χ1n) is 18.8. The number of benzene rings is 6. The molecule has 262 valence electrons. The summed E-state index contributed by atoms with van der Waals surface area (Å²) in [4.78, 5) is 14.2. The van der Waals surface area contributed by atoms with Crippen LogP contribution in [0.4, 0.5) is 0 Å². The van der Waals surface area contributed by atoms with Gasteiger partial charge in [0.05, 0.1) is 27.9 Å². The van der Waals surface area contributed by atoms with Crippen molar-refractivity contribution in [3.05, 3.63) is 201 Å². The summed E-state index contributed by atoms with van der Waals surface area (Å²) in [6.45, 7) is 0. The van der Waals surface area contributed by atoms with Crippen molar-refractivity contribution in [3.8, 4) is 56.1 Å². The van der Waals surface area contributed by atoms with Crippen LogP contribution in [0.1, 0.15) is 0 Å². The van der Waals surface area contributed by atoms with E-state index in [1.807, 2.05) is 48.9 Å². The van der Waals surface area contributed by atoms with E-state index in [9.17, 15) is 0 Å². The van der Waals surface area contributed by atoms with E-state index in [1.54, 1.807) is 0 Å². The molecule has 56 heavy (non-hydrogen) atoms. The van der Waals surface area contributed by atoms with E-state index in [4.69, 9.17) is 4.98 Å². The van der Waals surface area contributed by atoms with Gasteiger partial charge in [-0.05, 0) is 125 Å². The van der Waals surface area contributed by atoms with Crippen LogP contribution in [0.15, 0.2) is 201 Å². The molecule has 5 heteroatoms. The van der Waals surface area contributed by atoms with Crippen LogP contribution < -0.4 is 0 Å². The maximum atomic E-state index is 4.92. The molecule has 6 aromatic carbocycles. The average molecular weight is 716 g/mol. The lowest BCUT2D eigenvalue weighted by molar-refractivity contribution is 1.14. The monoisotopic (exact) mass is 715 g/mol. The summed E-state index contributed by atoms with van der Waals surface area (Å²) in [5.41, 5.74) is 15.2. The molecule has 0 saturated carbocycles. The number of rotatable bonds is 6. The smallest absolute Gasteiger partial charge is 0.145 e. The Balaban J connectivity index is 1.03. The molecule has 0 unspecified atom stereocenters. The maximum absolute atomic E-state index is 4.92. The highest BCUT2D eigenvalue weighted by atomic mass is 15.0. The summed E-state index contributed by atoms with van der Waals surface area (Å²) < 4.78 is 4.65. The molecule has 0 amide bonds. The Hall–Kier alpha value is -7.63. The van der Waals surface area contributed by atoms with Crippen molar-refractivity contribution in [2.24, 2.45) is 0 Å². The van der Waals surface area contributed by atoms with Gasteiger partial charge in [0.2, 0.25) is 0 Å². The molecule has 5 nitrogen and oxygen atoms in total. The number of pyridine rings is 3. The lowest BCUT2D eigenvalue weighted by Gasteiger charge is -2.12. The molecule has 0 atom stereocenters. The Labute approximate surface area is 323 Å². The largest absolute Gasteiger partial charge is 0.309 e. The van der Waals surface area contributed by atoms with Gasteiger partial charge in [-0.1, -0.05) is 78.9 Å². The fraction of sp³-hybridized carbons (Fsp3) is 0. The first kappa shape index (κ1) is 31.9. The van der Waals surface area contributed by atoms with Gasteiger partial charge < -0.3 is 4.57 Å². The van der Waals surface area contributed by atoms with Gasteiger partial charge in [0.1, 0.15) is 5.65 Å². The Morgan fingerprint density at radius 1 is 0.286 bits per heavy atom. The molecule has 0 spiro atoms. The first-order chi connectivity index (χ1) is 27.8. The molecule has 0 fully saturated rings. The van der Waals surface area contributed by atoms with Crippen LogP contribution in [-0.2, 0) is 0 Å². The quantitative estimate of drug-likeness (QED) is 0.172. The SMILES string of the molecule is c1ccc(-n2c3ccccc3c3cc(-c4ccc5c6cccnc6n(-c6ccc(-c7cc(-c8ccccn8)cc(-c8ccccn8)c7)cc6)c5c4)ccc32)cc1. The van der Waals surface area contributed by atoms with Gasteiger partial charge >= 0.3 is 0 Å². The third-order valence-electron chi connectivity index (χ3n) is 10.9. The van der Waals surface area contributed by atoms with Gasteiger partial charge in [0.25, 0.3) is 0 Å². The van der Waals surface area contributed by atoms with E-state index in [-0.39, 0.29) is 0 Å². The highest BCUT2D eigenvalue weighted by molar-refractivity contribution is 6.12. The summed E-state index contributed by atoms with van der Waals surface area (Å²) in [6, 6.07) is 64.6. The number of fused-ring (bicyclic) bond motifs is 6. The summed E-state index contributed by atoms with van der Waals surface area (Å²) >= 11 is 0. The van der Waals surface area contributed by atoms with Crippen LogP contribution in [0.3, 0.4) is 0 Å². The van der Waals surface area contributed by atoms with Crippen LogP contribution in [0.25, 0.3) is 99.9 Å². The zero-order valence-electron chi connectivity index (χ0n) is 30.3. The van der Waals surface area contributed by atoms with Crippen LogP contribution in [0.5, 0.6) is 0 Å². The van der Waals surface area contributed by atoms with E-state index >= 15 is 0 Å². The van der Waals surface area contributed by atoms with Gasteiger partial charge in [-0.2, -0.15) is 0 Å². The van der Waals surface area contributed by atoms with E-state index < -0.39 is 0 Å². The normalized spacial score (nSPS) is 11.6. The van der Waals surface area contributed by atoms with Crippen molar-refractivity contribution in [3.63, 3.8) is 0 Å². The van der Waals surface area contributed by atoms with Gasteiger partial charge in [-0.15, -0.1) is 0 Å². The summed E-state index contributed by atoms with van der Waals surface area (Å²) in [6.07, 6.45) is 5.56. The molecular formula is C51H33N5. The maximum Gasteiger partial charge on any atom is 0.145 e. The molecular weight excluding hydrogens is 683 g/mol. The van der Waals surface area contributed by atoms with Gasteiger partial charge in [-0.3, -0.25) is 14.5 Å². The van der Waals surface area contributed by atoms with E-state index in [1.165, 1.54) is 32.8 Å².